The van der Waals surface area contributed by atoms with Gasteiger partial charge in [0.05, 0.1) is 0 Å². The Morgan fingerprint density at radius 2 is 1.75 bits per heavy atom. The largest absolute Gasteiger partial charge is 0.460 e. The minimum absolute atomic E-state index is 0.0839. The van der Waals surface area contributed by atoms with Gasteiger partial charge in [-0.25, -0.2) is 0 Å². The van der Waals surface area contributed by atoms with Crippen LogP contribution in [-0.2, 0) is 9.53 Å². The molecule has 0 aromatic heterocycles. The number of hydrogen-bond acceptors (Lipinski definition) is 2. The molecule has 2 heteroatoms. The van der Waals surface area contributed by atoms with Crippen molar-refractivity contribution in [1.29, 1.82) is 0 Å². The van der Waals surface area contributed by atoms with Crippen molar-refractivity contribution >= 4 is 5.97 Å². The van der Waals surface area contributed by atoms with Crippen LogP contribution < -0.4 is 0 Å². The lowest BCUT2D eigenvalue weighted by molar-refractivity contribution is -0.154. The molecular formula is C22H42O2. The van der Waals surface area contributed by atoms with Gasteiger partial charge in [0.1, 0.15) is 5.60 Å². The zero-order chi connectivity index (χ0) is 18.8. The van der Waals surface area contributed by atoms with E-state index in [1.54, 1.807) is 0 Å². The Labute approximate surface area is 151 Å². The average Bonchev–Trinajstić information content (AvgIpc) is 2.50. The minimum Gasteiger partial charge on any atom is -0.460 e. The summed E-state index contributed by atoms with van der Waals surface area (Å²) in [6.07, 6.45) is 16.7. The van der Waals surface area contributed by atoms with Crippen molar-refractivity contribution in [3.63, 3.8) is 0 Å². The Morgan fingerprint density at radius 1 is 1.08 bits per heavy atom. The molecule has 0 N–H and O–H groups in total. The smallest absolute Gasteiger partial charge is 0.306 e. The van der Waals surface area contributed by atoms with Gasteiger partial charge in [0.15, 0.2) is 0 Å². The van der Waals surface area contributed by atoms with Crippen LogP contribution in [0.15, 0.2) is 24.8 Å². The summed E-state index contributed by atoms with van der Waals surface area (Å²) in [5.41, 5.74) is -0.329. The maximum absolute atomic E-state index is 11.0. The third kappa shape index (κ3) is 20.9. The number of unbranched alkanes of at least 4 members (excludes halogenated alkanes) is 2. The lowest BCUT2D eigenvalue weighted by Crippen LogP contribution is -2.23. The monoisotopic (exact) mass is 338 g/mol. The van der Waals surface area contributed by atoms with Crippen LogP contribution in [0.1, 0.15) is 99.3 Å². The first-order valence-corrected chi connectivity index (χ1v) is 9.78. The van der Waals surface area contributed by atoms with Crippen LogP contribution in [0.25, 0.3) is 0 Å². The van der Waals surface area contributed by atoms with Gasteiger partial charge in [-0.1, -0.05) is 64.7 Å². The van der Waals surface area contributed by atoms with Crippen molar-refractivity contribution in [3.8, 4) is 0 Å². The van der Waals surface area contributed by atoms with Gasteiger partial charge >= 0.3 is 5.97 Å². The summed E-state index contributed by atoms with van der Waals surface area (Å²) in [4.78, 5) is 11.0. The Balaban J connectivity index is 0. The van der Waals surface area contributed by atoms with E-state index in [0.717, 1.165) is 31.6 Å². The van der Waals surface area contributed by atoms with E-state index in [4.69, 9.17) is 4.74 Å². The molecule has 0 rings (SSSR count). The third-order valence-electron chi connectivity index (χ3n) is 3.60. The maximum Gasteiger partial charge on any atom is 0.306 e. The first-order chi connectivity index (χ1) is 11.3. The Bertz CT molecular complexity index is 323. The number of carbonyl (C=O) groups excluding carboxylic acids is 1. The average molecular weight is 339 g/mol. The predicted octanol–water partition coefficient (Wildman–Crippen LogP) is 7.24. The first-order valence-electron chi connectivity index (χ1n) is 9.78. The van der Waals surface area contributed by atoms with Crippen molar-refractivity contribution in [1.82, 2.24) is 0 Å². The maximum atomic E-state index is 11.0. The molecule has 0 saturated carbocycles. The fraction of sp³-hybridized carbons (Fsp3) is 0.773. The van der Waals surface area contributed by atoms with Crippen molar-refractivity contribution in [2.24, 2.45) is 5.92 Å². The number of esters is 1. The molecule has 2 nitrogen and oxygen atoms in total. The molecule has 0 aromatic carbocycles. The normalized spacial score (nSPS) is 12.4. The number of allylic oxidation sites excluding steroid dienone is 3. The second-order valence-corrected chi connectivity index (χ2v) is 7.33. The second kappa shape index (κ2) is 16.8. The van der Waals surface area contributed by atoms with Gasteiger partial charge in [-0.05, 0) is 52.4 Å². The van der Waals surface area contributed by atoms with E-state index in [2.05, 4.69) is 39.5 Å². The van der Waals surface area contributed by atoms with E-state index in [1.807, 2.05) is 26.8 Å². The quantitative estimate of drug-likeness (QED) is 0.225. The molecule has 142 valence electrons. The van der Waals surface area contributed by atoms with Gasteiger partial charge in [0.25, 0.3) is 0 Å². The predicted molar refractivity (Wildman–Crippen MR) is 107 cm³/mol. The summed E-state index contributed by atoms with van der Waals surface area (Å²) in [5, 5.41) is 0. The van der Waals surface area contributed by atoms with Crippen molar-refractivity contribution in [2.45, 2.75) is 105 Å². The van der Waals surface area contributed by atoms with E-state index in [1.165, 1.54) is 25.7 Å². The summed E-state index contributed by atoms with van der Waals surface area (Å²) < 4.78 is 5.10. The molecule has 24 heavy (non-hydrogen) atoms. The zero-order valence-corrected chi connectivity index (χ0v) is 17.2. The molecule has 0 bridgehead atoms. The third-order valence-corrected chi connectivity index (χ3v) is 3.60. The van der Waals surface area contributed by atoms with Gasteiger partial charge in [-0.15, -0.1) is 6.58 Å². The SMILES string of the molecule is C=CCC/C=C/CC(CC)CCC.CCCCC(=O)OC(C)(C)C. The molecule has 0 aliphatic rings. The van der Waals surface area contributed by atoms with Crippen LogP contribution in [0.4, 0.5) is 0 Å². The molecule has 1 atom stereocenters. The van der Waals surface area contributed by atoms with Gasteiger partial charge in [-0.2, -0.15) is 0 Å². The van der Waals surface area contributed by atoms with E-state index < -0.39 is 0 Å². The number of ether oxygens (including phenoxy) is 1. The molecule has 0 aromatic rings. The fourth-order valence-corrected chi connectivity index (χ4v) is 2.23. The van der Waals surface area contributed by atoms with Crippen LogP contribution in [0.5, 0.6) is 0 Å². The molecule has 0 radical (unpaired) electrons. The van der Waals surface area contributed by atoms with Crippen LogP contribution in [0.3, 0.4) is 0 Å². The van der Waals surface area contributed by atoms with E-state index in [-0.39, 0.29) is 11.6 Å². The van der Waals surface area contributed by atoms with Gasteiger partial charge < -0.3 is 4.74 Å². The molecule has 0 spiro atoms. The molecule has 0 heterocycles. The summed E-state index contributed by atoms with van der Waals surface area (Å²) in [7, 11) is 0. The van der Waals surface area contributed by atoms with E-state index >= 15 is 0 Å². The molecule has 0 aliphatic carbocycles. The highest BCUT2D eigenvalue weighted by atomic mass is 16.6. The first kappa shape index (κ1) is 25.2. The second-order valence-electron chi connectivity index (χ2n) is 7.33. The fourth-order valence-electron chi connectivity index (χ4n) is 2.23. The lowest BCUT2D eigenvalue weighted by Gasteiger charge is -2.19. The van der Waals surface area contributed by atoms with Gasteiger partial charge in [-0.3, -0.25) is 4.79 Å². The summed E-state index contributed by atoms with van der Waals surface area (Å²) in [6, 6.07) is 0. The molecule has 1 unspecified atom stereocenters. The number of carbonyl (C=O) groups is 1. The standard InChI is InChI=1S/C13H24.C9H18O2/c1-4-7-8-9-10-12-13(6-3)11-5-2;1-5-6-7-8(10)11-9(2,3)4/h4,9-10,13H,1,5-8,11-12H2,2-3H3;5-7H2,1-4H3/b10-9+;. The Hall–Kier alpha value is -1.05. The van der Waals surface area contributed by atoms with Crippen LogP contribution in [0, 0.1) is 5.92 Å². The molecule has 0 saturated heterocycles. The number of rotatable bonds is 11. The van der Waals surface area contributed by atoms with Crippen molar-refractivity contribution in [2.75, 3.05) is 0 Å². The highest BCUT2D eigenvalue weighted by molar-refractivity contribution is 5.69. The lowest BCUT2D eigenvalue weighted by atomic mass is 9.97. The number of hydrogen-bond donors (Lipinski definition) is 0. The van der Waals surface area contributed by atoms with Crippen LogP contribution >= 0.6 is 0 Å². The van der Waals surface area contributed by atoms with E-state index in [0.29, 0.717) is 6.42 Å². The topological polar surface area (TPSA) is 26.3 Å². The molecular weight excluding hydrogens is 296 g/mol. The minimum atomic E-state index is -0.329. The summed E-state index contributed by atoms with van der Waals surface area (Å²) in [6.45, 7) is 16.0. The van der Waals surface area contributed by atoms with Crippen molar-refractivity contribution in [3.05, 3.63) is 24.8 Å². The summed E-state index contributed by atoms with van der Waals surface area (Å²) >= 11 is 0. The molecule has 0 aliphatic heterocycles. The molecule has 0 amide bonds. The highest BCUT2D eigenvalue weighted by Crippen LogP contribution is 2.15. The zero-order valence-electron chi connectivity index (χ0n) is 17.2. The Morgan fingerprint density at radius 3 is 2.21 bits per heavy atom. The van der Waals surface area contributed by atoms with Gasteiger partial charge in [0.2, 0.25) is 0 Å². The molecule has 0 fully saturated rings. The van der Waals surface area contributed by atoms with Crippen LogP contribution in [-0.4, -0.2) is 11.6 Å². The summed E-state index contributed by atoms with van der Waals surface area (Å²) in [5.74, 6) is 0.823. The van der Waals surface area contributed by atoms with Crippen molar-refractivity contribution < 1.29 is 9.53 Å². The highest BCUT2D eigenvalue weighted by Gasteiger charge is 2.14. The Kier molecular flexibility index (Phi) is 17.6. The van der Waals surface area contributed by atoms with Crippen LogP contribution in [0.2, 0.25) is 0 Å². The van der Waals surface area contributed by atoms with E-state index in [9.17, 15) is 4.79 Å². The van der Waals surface area contributed by atoms with Gasteiger partial charge in [0, 0.05) is 6.42 Å².